The van der Waals surface area contributed by atoms with Gasteiger partial charge in [-0.25, -0.2) is 4.79 Å². The molecule has 84 valence electrons. The van der Waals surface area contributed by atoms with Gasteiger partial charge in [-0.2, -0.15) is 8.78 Å². The maximum Gasteiger partial charge on any atom is 0.375 e. The molecule has 0 fully saturated rings. The fourth-order valence-electron chi connectivity index (χ4n) is 0.696. The molecular formula is C8H16F2N2O2. The Morgan fingerprint density at radius 2 is 2.07 bits per heavy atom. The summed E-state index contributed by atoms with van der Waals surface area (Å²) in [7, 11) is 3.64. The van der Waals surface area contributed by atoms with Crippen LogP contribution >= 0.6 is 0 Å². The smallest absolute Gasteiger partial charge is 0.375 e. The fraction of sp³-hybridized carbons (Fsp3) is 0.875. The lowest BCUT2D eigenvalue weighted by Gasteiger charge is -2.21. The van der Waals surface area contributed by atoms with Gasteiger partial charge in [-0.05, 0) is 21.0 Å². The van der Waals surface area contributed by atoms with Gasteiger partial charge in [-0.3, -0.25) is 0 Å². The lowest BCUT2D eigenvalue weighted by Crippen LogP contribution is -2.44. The zero-order valence-corrected chi connectivity index (χ0v) is 8.55. The Hall–Kier alpha value is -0.750. The third-order valence-electron chi connectivity index (χ3n) is 1.98. The molecule has 1 unspecified atom stereocenters. The van der Waals surface area contributed by atoms with Crippen molar-refractivity contribution in [2.24, 2.45) is 0 Å². The number of aliphatic carboxylic acids is 1. The predicted molar refractivity (Wildman–Crippen MR) is 48.6 cm³/mol. The van der Waals surface area contributed by atoms with Crippen LogP contribution in [-0.4, -0.2) is 55.1 Å². The van der Waals surface area contributed by atoms with Crippen LogP contribution in [0.2, 0.25) is 0 Å². The van der Waals surface area contributed by atoms with E-state index in [1.807, 2.05) is 25.9 Å². The summed E-state index contributed by atoms with van der Waals surface area (Å²) in [6, 6.07) is 0.0830. The SMILES string of the molecule is CC(CNCC(F)(F)C(=O)O)N(C)C. The molecule has 0 saturated carbocycles. The Kier molecular flexibility index (Phi) is 4.93. The maximum atomic E-state index is 12.5. The molecule has 0 saturated heterocycles. The van der Waals surface area contributed by atoms with Crippen molar-refractivity contribution in [3.05, 3.63) is 0 Å². The van der Waals surface area contributed by atoms with E-state index in [9.17, 15) is 13.6 Å². The molecule has 14 heavy (non-hydrogen) atoms. The van der Waals surface area contributed by atoms with E-state index in [0.29, 0.717) is 6.54 Å². The first kappa shape index (κ1) is 13.2. The number of nitrogens with zero attached hydrogens (tertiary/aromatic N) is 1. The molecule has 1 atom stereocenters. The molecule has 0 spiro atoms. The molecule has 0 rings (SSSR count). The number of likely N-dealkylation sites (N-methyl/N-ethyl adjacent to an activating group) is 1. The quantitative estimate of drug-likeness (QED) is 0.659. The van der Waals surface area contributed by atoms with E-state index in [-0.39, 0.29) is 6.04 Å². The summed E-state index contributed by atoms with van der Waals surface area (Å²) in [6.07, 6.45) is 0. The topological polar surface area (TPSA) is 52.6 Å². The molecule has 0 heterocycles. The van der Waals surface area contributed by atoms with Gasteiger partial charge in [0.2, 0.25) is 0 Å². The van der Waals surface area contributed by atoms with Gasteiger partial charge in [0.1, 0.15) is 0 Å². The van der Waals surface area contributed by atoms with Crippen LogP contribution in [0.4, 0.5) is 8.78 Å². The Morgan fingerprint density at radius 3 is 2.43 bits per heavy atom. The molecule has 6 heteroatoms. The molecule has 0 radical (unpaired) electrons. The van der Waals surface area contributed by atoms with Crippen molar-refractivity contribution in [2.75, 3.05) is 27.2 Å². The Bertz CT molecular complexity index is 198. The van der Waals surface area contributed by atoms with Crippen LogP contribution in [0.1, 0.15) is 6.92 Å². The fourth-order valence-corrected chi connectivity index (χ4v) is 0.696. The number of rotatable bonds is 6. The first-order valence-electron chi connectivity index (χ1n) is 4.25. The highest BCUT2D eigenvalue weighted by Crippen LogP contribution is 2.11. The van der Waals surface area contributed by atoms with Crippen molar-refractivity contribution in [3.63, 3.8) is 0 Å². The number of alkyl halides is 2. The van der Waals surface area contributed by atoms with Gasteiger partial charge in [0.25, 0.3) is 0 Å². The van der Waals surface area contributed by atoms with Crippen LogP contribution in [0.25, 0.3) is 0 Å². The summed E-state index contributed by atoms with van der Waals surface area (Å²) >= 11 is 0. The monoisotopic (exact) mass is 210 g/mol. The summed E-state index contributed by atoms with van der Waals surface area (Å²) in [5, 5.41) is 10.5. The molecule has 0 aromatic carbocycles. The molecule has 2 N–H and O–H groups in total. The lowest BCUT2D eigenvalue weighted by molar-refractivity contribution is -0.164. The highest BCUT2D eigenvalue weighted by Gasteiger charge is 2.38. The van der Waals surface area contributed by atoms with Crippen molar-refractivity contribution in [1.82, 2.24) is 10.2 Å². The van der Waals surface area contributed by atoms with Crippen LogP contribution in [0.3, 0.4) is 0 Å². The van der Waals surface area contributed by atoms with Crippen LogP contribution < -0.4 is 5.32 Å². The summed E-state index contributed by atoms with van der Waals surface area (Å²) in [5.41, 5.74) is 0. The second-order valence-electron chi connectivity index (χ2n) is 3.45. The molecular weight excluding hydrogens is 194 g/mol. The van der Waals surface area contributed by atoms with Gasteiger partial charge in [0.05, 0.1) is 6.54 Å². The number of carbonyl (C=O) groups is 1. The molecule has 0 aliphatic heterocycles. The lowest BCUT2D eigenvalue weighted by atomic mass is 10.3. The summed E-state index contributed by atoms with van der Waals surface area (Å²) in [5.74, 6) is -5.78. The van der Waals surface area contributed by atoms with E-state index in [1.54, 1.807) is 0 Å². The van der Waals surface area contributed by atoms with E-state index >= 15 is 0 Å². The summed E-state index contributed by atoms with van der Waals surface area (Å²) in [6.45, 7) is 1.35. The Balaban J connectivity index is 3.79. The Morgan fingerprint density at radius 1 is 1.57 bits per heavy atom. The van der Waals surface area contributed by atoms with E-state index in [1.165, 1.54) is 0 Å². The second-order valence-corrected chi connectivity index (χ2v) is 3.45. The zero-order chi connectivity index (χ0) is 11.4. The van der Waals surface area contributed by atoms with Crippen molar-refractivity contribution >= 4 is 5.97 Å². The highest BCUT2D eigenvalue weighted by molar-refractivity contribution is 5.75. The third-order valence-corrected chi connectivity index (χ3v) is 1.98. The van der Waals surface area contributed by atoms with E-state index in [4.69, 9.17) is 5.11 Å². The van der Waals surface area contributed by atoms with E-state index < -0.39 is 18.4 Å². The van der Waals surface area contributed by atoms with Gasteiger partial charge in [-0.15, -0.1) is 0 Å². The third kappa shape index (κ3) is 4.48. The molecule has 4 nitrogen and oxygen atoms in total. The second kappa shape index (κ2) is 5.21. The first-order valence-corrected chi connectivity index (χ1v) is 4.25. The Labute approximate surface area is 81.9 Å². The van der Waals surface area contributed by atoms with Gasteiger partial charge >= 0.3 is 11.9 Å². The van der Waals surface area contributed by atoms with E-state index in [2.05, 4.69) is 5.32 Å². The average molecular weight is 210 g/mol. The predicted octanol–water partition coefficient (Wildman–Crippen LogP) is 0.246. The van der Waals surface area contributed by atoms with Crippen LogP contribution in [0.5, 0.6) is 0 Å². The average Bonchev–Trinajstić information content (AvgIpc) is 2.03. The van der Waals surface area contributed by atoms with Gasteiger partial charge in [0.15, 0.2) is 0 Å². The number of hydrogen-bond donors (Lipinski definition) is 2. The van der Waals surface area contributed by atoms with Crippen LogP contribution in [-0.2, 0) is 4.79 Å². The number of halogens is 2. The van der Waals surface area contributed by atoms with Crippen molar-refractivity contribution in [2.45, 2.75) is 18.9 Å². The minimum atomic E-state index is -3.69. The van der Waals surface area contributed by atoms with Crippen molar-refractivity contribution in [1.29, 1.82) is 0 Å². The number of carboxylic acids is 1. The number of carboxylic acid groups (broad SMARTS) is 1. The normalized spacial score (nSPS) is 14.4. The summed E-state index contributed by atoms with van der Waals surface area (Å²) < 4.78 is 25.0. The van der Waals surface area contributed by atoms with Crippen molar-refractivity contribution < 1.29 is 18.7 Å². The zero-order valence-electron chi connectivity index (χ0n) is 8.55. The minimum Gasteiger partial charge on any atom is -0.477 e. The van der Waals surface area contributed by atoms with Crippen LogP contribution in [0, 0.1) is 0 Å². The molecule has 0 bridgehead atoms. The standard InChI is InChI=1S/C8H16F2N2O2/c1-6(12(2)3)4-11-5-8(9,10)7(13)14/h6,11H,4-5H2,1-3H3,(H,13,14). The molecule has 0 aromatic rings. The largest absolute Gasteiger partial charge is 0.477 e. The van der Waals surface area contributed by atoms with Crippen molar-refractivity contribution in [3.8, 4) is 0 Å². The van der Waals surface area contributed by atoms with Gasteiger partial charge < -0.3 is 15.3 Å². The highest BCUT2D eigenvalue weighted by atomic mass is 19.3. The van der Waals surface area contributed by atoms with Crippen LogP contribution in [0.15, 0.2) is 0 Å². The maximum absolute atomic E-state index is 12.5. The summed E-state index contributed by atoms with van der Waals surface area (Å²) in [4.78, 5) is 11.9. The molecule has 0 aromatic heterocycles. The number of nitrogens with one attached hydrogen (secondary N) is 1. The van der Waals surface area contributed by atoms with Gasteiger partial charge in [-0.1, -0.05) is 0 Å². The molecule has 0 aliphatic carbocycles. The van der Waals surface area contributed by atoms with Gasteiger partial charge in [0, 0.05) is 12.6 Å². The molecule has 0 amide bonds. The molecule has 0 aliphatic rings. The minimum absolute atomic E-state index is 0.0830. The number of hydrogen-bond acceptors (Lipinski definition) is 3. The first-order chi connectivity index (χ1) is 6.27. The van der Waals surface area contributed by atoms with E-state index in [0.717, 1.165) is 0 Å².